The van der Waals surface area contributed by atoms with Gasteiger partial charge in [-0.1, -0.05) is 0 Å². The molecule has 1 aromatic heterocycles. The van der Waals surface area contributed by atoms with Gasteiger partial charge in [-0.2, -0.15) is 0 Å². The summed E-state index contributed by atoms with van der Waals surface area (Å²) in [6.45, 7) is 0. The van der Waals surface area contributed by atoms with Crippen molar-refractivity contribution in [1.29, 1.82) is 0 Å². The van der Waals surface area contributed by atoms with Crippen molar-refractivity contribution in [3.63, 3.8) is 0 Å². The molecule has 13 heavy (non-hydrogen) atoms. The van der Waals surface area contributed by atoms with Gasteiger partial charge in [-0.25, -0.2) is 0 Å². The van der Waals surface area contributed by atoms with Crippen LogP contribution in [0, 0.1) is 0 Å². The van der Waals surface area contributed by atoms with E-state index >= 15 is 0 Å². The van der Waals surface area contributed by atoms with Crippen LogP contribution < -0.4 is 10.5 Å². The van der Waals surface area contributed by atoms with Crippen LogP contribution in [0.1, 0.15) is 0 Å². The Hall–Kier alpha value is -0.740. The van der Waals surface area contributed by atoms with Crippen molar-refractivity contribution in [2.75, 3.05) is 12.8 Å². The van der Waals surface area contributed by atoms with Crippen LogP contribution in [0.4, 0.5) is 5.00 Å². The van der Waals surface area contributed by atoms with Crippen LogP contribution in [0.5, 0.6) is 5.75 Å². The Morgan fingerprint density at radius 2 is 2.23 bits per heavy atom. The number of hydrogen-bond acceptors (Lipinski definition) is 3. The van der Waals surface area contributed by atoms with Gasteiger partial charge in [-0.15, -0.1) is 11.3 Å². The largest absolute Gasteiger partial charge is 0.497 e. The summed E-state index contributed by atoms with van der Waals surface area (Å²) in [5, 5.41) is 1.95. The molecule has 1 heterocycles. The van der Waals surface area contributed by atoms with E-state index in [2.05, 4.69) is 15.9 Å². The smallest absolute Gasteiger partial charge is 0.120 e. The Balaban J connectivity index is 2.73. The molecule has 68 valence electrons. The molecule has 4 heteroatoms. The SMILES string of the molecule is COc1ccc2c(Br)c(N)sc2c1. The van der Waals surface area contributed by atoms with Gasteiger partial charge in [-0.05, 0) is 34.1 Å². The van der Waals surface area contributed by atoms with Gasteiger partial charge >= 0.3 is 0 Å². The maximum atomic E-state index is 5.77. The van der Waals surface area contributed by atoms with Crippen LogP contribution in [-0.4, -0.2) is 7.11 Å². The molecular weight excluding hydrogens is 250 g/mol. The number of benzene rings is 1. The molecule has 0 aliphatic heterocycles. The molecule has 2 rings (SSSR count). The third-order valence-corrected chi connectivity index (χ3v) is 3.96. The van der Waals surface area contributed by atoms with Gasteiger partial charge in [-0.3, -0.25) is 0 Å². The molecule has 0 aliphatic carbocycles. The number of nitrogen functional groups attached to an aromatic ring is 1. The summed E-state index contributed by atoms with van der Waals surface area (Å²) in [6, 6.07) is 5.92. The van der Waals surface area contributed by atoms with Crippen LogP contribution >= 0.6 is 27.3 Å². The zero-order valence-electron chi connectivity index (χ0n) is 7.00. The van der Waals surface area contributed by atoms with E-state index in [4.69, 9.17) is 10.5 Å². The van der Waals surface area contributed by atoms with Crippen molar-refractivity contribution in [2.45, 2.75) is 0 Å². The van der Waals surface area contributed by atoms with E-state index in [1.807, 2.05) is 18.2 Å². The molecule has 0 fully saturated rings. The molecule has 0 amide bonds. The van der Waals surface area contributed by atoms with Crippen molar-refractivity contribution in [2.24, 2.45) is 0 Å². The molecule has 2 nitrogen and oxygen atoms in total. The van der Waals surface area contributed by atoms with Crippen molar-refractivity contribution >= 4 is 42.4 Å². The first-order chi connectivity index (χ1) is 6.22. The van der Waals surface area contributed by atoms with E-state index in [1.165, 1.54) is 0 Å². The lowest BCUT2D eigenvalue weighted by atomic mass is 10.2. The van der Waals surface area contributed by atoms with Crippen LogP contribution in [0.3, 0.4) is 0 Å². The second-order valence-corrected chi connectivity index (χ2v) is 4.52. The Morgan fingerprint density at radius 3 is 2.92 bits per heavy atom. The van der Waals surface area contributed by atoms with Crippen molar-refractivity contribution in [1.82, 2.24) is 0 Å². The minimum Gasteiger partial charge on any atom is -0.497 e. The van der Waals surface area contributed by atoms with Gasteiger partial charge < -0.3 is 10.5 Å². The zero-order chi connectivity index (χ0) is 9.42. The molecule has 2 N–H and O–H groups in total. The minimum atomic E-state index is 0.809. The average molecular weight is 258 g/mol. The first kappa shape index (κ1) is 8.84. The predicted octanol–water partition coefficient (Wildman–Crippen LogP) is 3.25. The Bertz CT molecular complexity index is 452. The Kier molecular flexibility index (Phi) is 2.17. The van der Waals surface area contributed by atoms with E-state index in [-0.39, 0.29) is 0 Å². The summed E-state index contributed by atoms with van der Waals surface area (Å²) in [6.07, 6.45) is 0. The topological polar surface area (TPSA) is 35.2 Å². The second kappa shape index (κ2) is 3.20. The summed E-state index contributed by atoms with van der Waals surface area (Å²) < 4.78 is 7.25. The molecule has 0 atom stereocenters. The summed E-state index contributed by atoms with van der Waals surface area (Å²) in [5.41, 5.74) is 5.77. The number of nitrogens with two attached hydrogens (primary N) is 1. The fraction of sp³-hybridized carbons (Fsp3) is 0.111. The third kappa shape index (κ3) is 1.40. The standard InChI is InChI=1S/C9H8BrNOS/c1-12-5-2-3-6-7(4-5)13-9(11)8(6)10/h2-4H,11H2,1H3. The lowest BCUT2D eigenvalue weighted by Crippen LogP contribution is -1.80. The quantitative estimate of drug-likeness (QED) is 0.852. The molecule has 0 aliphatic rings. The number of thiophene rings is 1. The minimum absolute atomic E-state index is 0.809. The summed E-state index contributed by atoms with van der Waals surface area (Å²) in [4.78, 5) is 0. The normalized spacial score (nSPS) is 10.6. The van der Waals surface area contributed by atoms with Crippen LogP contribution in [0.15, 0.2) is 22.7 Å². The lowest BCUT2D eigenvalue weighted by molar-refractivity contribution is 0.415. The van der Waals surface area contributed by atoms with Gasteiger partial charge in [0.25, 0.3) is 0 Å². The van der Waals surface area contributed by atoms with Gasteiger partial charge in [0.05, 0.1) is 11.6 Å². The number of hydrogen-bond donors (Lipinski definition) is 1. The van der Waals surface area contributed by atoms with E-state index in [9.17, 15) is 0 Å². The summed E-state index contributed by atoms with van der Waals surface area (Å²) in [7, 11) is 1.66. The van der Waals surface area contributed by atoms with Crippen LogP contribution in [0.25, 0.3) is 10.1 Å². The third-order valence-electron chi connectivity index (χ3n) is 1.86. The van der Waals surface area contributed by atoms with E-state index in [0.29, 0.717) is 0 Å². The predicted molar refractivity (Wildman–Crippen MR) is 60.5 cm³/mol. The molecule has 0 saturated heterocycles. The molecule has 1 aromatic carbocycles. The number of anilines is 1. The van der Waals surface area contributed by atoms with E-state index in [0.717, 1.165) is 25.3 Å². The van der Waals surface area contributed by atoms with Crippen LogP contribution in [-0.2, 0) is 0 Å². The van der Waals surface area contributed by atoms with Gasteiger partial charge in [0.15, 0.2) is 0 Å². The molecule has 0 bridgehead atoms. The highest BCUT2D eigenvalue weighted by molar-refractivity contribution is 9.10. The highest BCUT2D eigenvalue weighted by Gasteiger charge is 2.07. The van der Waals surface area contributed by atoms with Gasteiger partial charge in [0.2, 0.25) is 0 Å². The number of ether oxygens (including phenoxy) is 1. The van der Waals surface area contributed by atoms with Crippen molar-refractivity contribution < 1.29 is 4.74 Å². The first-order valence-electron chi connectivity index (χ1n) is 3.74. The van der Waals surface area contributed by atoms with E-state index in [1.54, 1.807) is 18.4 Å². The fourth-order valence-corrected chi connectivity index (χ4v) is 2.80. The highest BCUT2D eigenvalue weighted by Crippen LogP contribution is 2.38. The molecular formula is C9H8BrNOS. The highest BCUT2D eigenvalue weighted by atomic mass is 79.9. The monoisotopic (exact) mass is 257 g/mol. The lowest BCUT2D eigenvalue weighted by Gasteiger charge is -1.97. The second-order valence-electron chi connectivity index (χ2n) is 2.64. The number of methoxy groups -OCH3 is 1. The Morgan fingerprint density at radius 1 is 1.46 bits per heavy atom. The molecule has 0 unspecified atom stereocenters. The van der Waals surface area contributed by atoms with Crippen molar-refractivity contribution in [3.05, 3.63) is 22.7 Å². The molecule has 0 radical (unpaired) electrons. The molecule has 2 aromatic rings. The van der Waals surface area contributed by atoms with Crippen LogP contribution in [0.2, 0.25) is 0 Å². The first-order valence-corrected chi connectivity index (χ1v) is 5.35. The maximum absolute atomic E-state index is 5.77. The van der Waals surface area contributed by atoms with E-state index < -0.39 is 0 Å². The Labute approximate surface area is 88.4 Å². The zero-order valence-corrected chi connectivity index (χ0v) is 9.41. The number of halogens is 1. The maximum Gasteiger partial charge on any atom is 0.120 e. The average Bonchev–Trinajstić information content (AvgIpc) is 2.42. The molecule has 0 spiro atoms. The number of fused-ring (bicyclic) bond motifs is 1. The number of rotatable bonds is 1. The molecule has 0 saturated carbocycles. The summed E-state index contributed by atoms with van der Waals surface area (Å²) >= 11 is 5.00. The van der Waals surface area contributed by atoms with Crippen molar-refractivity contribution in [3.8, 4) is 5.75 Å². The summed E-state index contributed by atoms with van der Waals surface area (Å²) in [5.74, 6) is 0.862. The van der Waals surface area contributed by atoms with Gasteiger partial charge in [0, 0.05) is 10.1 Å². The van der Waals surface area contributed by atoms with Gasteiger partial charge in [0.1, 0.15) is 10.8 Å². The fourth-order valence-electron chi connectivity index (χ4n) is 1.19.